The van der Waals surface area contributed by atoms with Gasteiger partial charge in [-0.3, -0.25) is 0 Å². The van der Waals surface area contributed by atoms with Crippen molar-refractivity contribution in [3.63, 3.8) is 0 Å². The van der Waals surface area contributed by atoms with E-state index in [-0.39, 0.29) is 0 Å². The molecule has 114 valence electrons. The van der Waals surface area contributed by atoms with E-state index in [4.69, 9.17) is 9.47 Å². The lowest BCUT2D eigenvalue weighted by Gasteiger charge is -2.23. The van der Waals surface area contributed by atoms with E-state index >= 15 is 0 Å². The van der Waals surface area contributed by atoms with Crippen LogP contribution in [0.15, 0.2) is 36.1 Å². The Balaban J connectivity index is 1.61. The van der Waals surface area contributed by atoms with E-state index in [0.717, 1.165) is 25.2 Å². The third kappa shape index (κ3) is 3.24. The van der Waals surface area contributed by atoms with E-state index in [1.165, 1.54) is 30.7 Å². The van der Waals surface area contributed by atoms with Crippen LogP contribution in [0.2, 0.25) is 0 Å². The van der Waals surface area contributed by atoms with Crippen molar-refractivity contribution >= 4 is 0 Å². The number of methoxy groups -OCH3 is 1. The molecule has 0 aromatic heterocycles. The minimum atomic E-state index is 0.419. The van der Waals surface area contributed by atoms with Gasteiger partial charge in [-0.1, -0.05) is 12.1 Å². The second-order valence-corrected chi connectivity index (χ2v) is 6.10. The molecule has 1 fully saturated rings. The fourth-order valence-electron chi connectivity index (χ4n) is 3.39. The molecule has 2 atom stereocenters. The summed E-state index contributed by atoms with van der Waals surface area (Å²) in [5, 5.41) is 0. The number of likely N-dealkylation sites (tertiary alicyclic amines) is 1. The van der Waals surface area contributed by atoms with Gasteiger partial charge in [-0.05, 0) is 63.0 Å². The summed E-state index contributed by atoms with van der Waals surface area (Å²) in [7, 11) is 3.90. The Kier molecular flexibility index (Phi) is 4.49. The van der Waals surface area contributed by atoms with Gasteiger partial charge in [0, 0.05) is 12.0 Å². The highest BCUT2D eigenvalue weighted by molar-refractivity contribution is 5.34. The lowest BCUT2D eigenvalue weighted by Crippen LogP contribution is -2.29. The molecule has 0 unspecified atom stereocenters. The number of ether oxygens (including phenoxy) is 2. The standard InChI is InChI=1S/C18H25NO2/c1-19-12-4-5-15(19)13-21-18-7-3-6-17(18)14-8-10-16(20-2)11-9-14/h7-11,15,17H,3-6,12-13H2,1-2H3/t15-,17+/m0/s1. The first-order chi connectivity index (χ1) is 10.3. The number of benzene rings is 1. The van der Waals surface area contributed by atoms with Crippen LogP contribution >= 0.6 is 0 Å². The highest BCUT2D eigenvalue weighted by Crippen LogP contribution is 2.36. The maximum atomic E-state index is 6.17. The molecule has 3 nitrogen and oxygen atoms in total. The van der Waals surface area contributed by atoms with Gasteiger partial charge in [0.05, 0.1) is 12.9 Å². The van der Waals surface area contributed by atoms with Crippen molar-refractivity contribution in [2.45, 2.75) is 37.6 Å². The molecular formula is C18H25NO2. The minimum absolute atomic E-state index is 0.419. The average Bonchev–Trinajstić information content (AvgIpc) is 3.14. The van der Waals surface area contributed by atoms with Crippen molar-refractivity contribution < 1.29 is 9.47 Å². The minimum Gasteiger partial charge on any atom is -0.497 e. The van der Waals surface area contributed by atoms with Crippen LogP contribution in [0.3, 0.4) is 0 Å². The Labute approximate surface area is 127 Å². The lowest BCUT2D eigenvalue weighted by molar-refractivity contribution is 0.131. The van der Waals surface area contributed by atoms with Crippen molar-refractivity contribution in [3.05, 3.63) is 41.7 Å². The van der Waals surface area contributed by atoms with Crippen LogP contribution in [0.4, 0.5) is 0 Å². The van der Waals surface area contributed by atoms with Crippen LogP contribution in [-0.4, -0.2) is 38.3 Å². The number of hydrogen-bond acceptors (Lipinski definition) is 3. The van der Waals surface area contributed by atoms with Crippen LogP contribution in [0, 0.1) is 0 Å². The van der Waals surface area contributed by atoms with Crippen molar-refractivity contribution in [2.75, 3.05) is 27.3 Å². The normalized spacial score (nSPS) is 25.9. The third-order valence-electron chi connectivity index (χ3n) is 4.78. The first-order valence-electron chi connectivity index (χ1n) is 7.95. The highest BCUT2D eigenvalue weighted by Gasteiger charge is 2.26. The van der Waals surface area contributed by atoms with Crippen molar-refractivity contribution in [1.29, 1.82) is 0 Å². The lowest BCUT2D eigenvalue weighted by atomic mass is 9.97. The van der Waals surface area contributed by atoms with E-state index in [9.17, 15) is 0 Å². The number of likely N-dealkylation sites (N-methyl/N-ethyl adjacent to an activating group) is 1. The quantitative estimate of drug-likeness (QED) is 0.826. The van der Waals surface area contributed by atoms with Gasteiger partial charge >= 0.3 is 0 Å². The predicted molar refractivity (Wildman–Crippen MR) is 84.7 cm³/mol. The molecule has 1 saturated heterocycles. The number of nitrogens with zero attached hydrogens (tertiary/aromatic N) is 1. The number of rotatable bonds is 5. The first-order valence-corrected chi connectivity index (χ1v) is 7.95. The Morgan fingerprint density at radius 3 is 2.67 bits per heavy atom. The summed E-state index contributed by atoms with van der Waals surface area (Å²) >= 11 is 0. The third-order valence-corrected chi connectivity index (χ3v) is 4.78. The van der Waals surface area contributed by atoms with E-state index < -0.39 is 0 Å². The van der Waals surface area contributed by atoms with E-state index in [2.05, 4.69) is 30.2 Å². The van der Waals surface area contributed by atoms with Gasteiger partial charge < -0.3 is 14.4 Å². The molecule has 1 heterocycles. The molecule has 3 rings (SSSR count). The molecule has 0 saturated carbocycles. The van der Waals surface area contributed by atoms with Crippen molar-refractivity contribution in [3.8, 4) is 5.75 Å². The van der Waals surface area contributed by atoms with Crippen LogP contribution in [0.5, 0.6) is 5.75 Å². The summed E-state index contributed by atoms with van der Waals surface area (Å²) in [5.74, 6) is 2.50. The van der Waals surface area contributed by atoms with Gasteiger partial charge in [-0.15, -0.1) is 0 Å². The molecule has 2 aliphatic rings. The Hall–Kier alpha value is -1.48. The SMILES string of the molecule is COc1ccc([C@H]2CCC=C2OC[C@@H]2CCCN2C)cc1. The molecule has 1 aromatic carbocycles. The molecule has 21 heavy (non-hydrogen) atoms. The summed E-state index contributed by atoms with van der Waals surface area (Å²) in [6.07, 6.45) is 7.10. The second kappa shape index (κ2) is 6.52. The van der Waals surface area contributed by atoms with Gasteiger partial charge in [0.2, 0.25) is 0 Å². The summed E-state index contributed by atoms with van der Waals surface area (Å²) in [6, 6.07) is 8.98. The molecule has 1 aliphatic carbocycles. The molecular weight excluding hydrogens is 262 g/mol. The second-order valence-electron chi connectivity index (χ2n) is 6.10. The van der Waals surface area contributed by atoms with Gasteiger partial charge in [-0.25, -0.2) is 0 Å². The molecule has 0 N–H and O–H groups in total. The number of allylic oxidation sites excluding steroid dienone is 2. The molecule has 0 spiro atoms. The van der Waals surface area contributed by atoms with Crippen LogP contribution < -0.4 is 4.74 Å². The zero-order valence-corrected chi connectivity index (χ0v) is 13.0. The summed E-state index contributed by atoms with van der Waals surface area (Å²) in [6.45, 7) is 2.03. The molecule has 0 bridgehead atoms. The summed E-state index contributed by atoms with van der Waals surface area (Å²) in [4.78, 5) is 2.41. The smallest absolute Gasteiger partial charge is 0.118 e. The predicted octanol–water partition coefficient (Wildman–Crippen LogP) is 3.57. The molecule has 1 aromatic rings. The fourth-order valence-corrected chi connectivity index (χ4v) is 3.39. The topological polar surface area (TPSA) is 21.7 Å². The average molecular weight is 287 g/mol. The molecule has 0 amide bonds. The van der Waals surface area contributed by atoms with E-state index in [1.807, 2.05) is 12.1 Å². The van der Waals surface area contributed by atoms with Gasteiger partial charge in [0.1, 0.15) is 12.4 Å². The van der Waals surface area contributed by atoms with Crippen LogP contribution in [0.1, 0.15) is 37.2 Å². The summed E-state index contributed by atoms with van der Waals surface area (Å²) < 4.78 is 11.4. The zero-order chi connectivity index (χ0) is 14.7. The van der Waals surface area contributed by atoms with Gasteiger partial charge in [0.15, 0.2) is 0 Å². The van der Waals surface area contributed by atoms with E-state index in [1.54, 1.807) is 7.11 Å². The van der Waals surface area contributed by atoms with Gasteiger partial charge in [0.25, 0.3) is 0 Å². The van der Waals surface area contributed by atoms with Crippen molar-refractivity contribution in [1.82, 2.24) is 4.90 Å². The molecule has 3 heteroatoms. The monoisotopic (exact) mass is 287 g/mol. The van der Waals surface area contributed by atoms with Crippen LogP contribution in [0.25, 0.3) is 0 Å². The fraction of sp³-hybridized carbons (Fsp3) is 0.556. The number of hydrogen-bond donors (Lipinski definition) is 0. The Morgan fingerprint density at radius 1 is 1.19 bits per heavy atom. The Bertz CT molecular complexity index is 494. The zero-order valence-electron chi connectivity index (χ0n) is 13.0. The largest absolute Gasteiger partial charge is 0.497 e. The Morgan fingerprint density at radius 2 is 2.00 bits per heavy atom. The maximum absolute atomic E-state index is 6.17. The van der Waals surface area contributed by atoms with Gasteiger partial charge in [-0.2, -0.15) is 0 Å². The van der Waals surface area contributed by atoms with Crippen molar-refractivity contribution in [2.24, 2.45) is 0 Å². The van der Waals surface area contributed by atoms with Crippen LogP contribution in [-0.2, 0) is 4.74 Å². The molecule has 1 aliphatic heterocycles. The first kappa shape index (κ1) is 14.5. The molecule has 0 radical (unpaired) electrons. The summed E-state index contributed by atoms with van der Waals surface area (Å²) in [5.41, 5.74) is 1.33. The maximum Gasteiger partial charge on any atom is 0.118 e. The highest BCUT2D eigenvalue weighted by atomic mass is 16.5. The van der Waals surface area contributed by atoms with E-state index in [0.29, 0.717) is 12.0 Å².